The molecule has 2 unspecified atom stereocenters. The zero-order valence-corrected chi connectivity index (χ0v) is 16.4. The largest absolute Gasteiger partial charge is 0.494 e. The summed E-state index contributed by atoms with van der Waals surface area (Å²) in [5, 5.41) is 12.3. The molecule has 0 bridgehead atoms. The second kappa shape index (κ2) is 11.6. The van der Waals surface area contributed by atoms with Crippen LogP contribution in [0.25, 0.3) is 0 Å². The van der Waals surface area contributed by atoms with Crippen molar-refractivity contribution in [2.24, 2.45) is 5.73 Å². The predicted molar refractivity (Wildman–Crippen MR) is 104 cm³/mol. The summed E-state index contributed by atoms with van der Waals surface area (Å²) in [6.07, 6.45) is 1.69. The van der Waals surface area contributed by atoms with E-state index < -0.39 is 18.2 Å². The second-order valence-electron chi connectivity index (χ2n) is 5.95. The van der Waals surface area contributed by atoms with Crippen molar-refractivity contribution in [2.75, 3.05) is 25.2 Å². The minimum Gasteiger partial charge on any atom is -0.494 e. The Balaban J connectivity index is 3.03. The lowest BCUT2D eigenvalue weighted by Gasteiger charge is -2.29. The average molecular weight is 384 g/mol. The van der Waals surface area contributed by atoms with E-state index >= 15 is 0 Å². The van der Waals surface area contributed by atoms with Crippen molar-refractivity contribution < 1.29 is 19.4 Å². The molecule has 1 aromatic rings. The lowest BCUT2D eigenvalue weighted by molar-refractivity contribution is -0.135. The van der Waals surface area contributed by atoms with Gasteiger partial charge in [-0.3, -0.25) is 4.79 Å². The number of benzene rings is 1. The molecule has 7 nitrogen and oxygen atoms in total. The highest BCUT2D eigenvalue weighted by Gasteiger charge is 2.26. The van der Waals surface area contributed by atoms with Crippen LogP contribution in [-0.4, -0.2) is 59.3 Å². The molecule has 0 saturated carbocycles. The van der Waals surface area contributed by atoms with Crippen LogP contribution in [0.1, 0.15) is 25.8 Å². The number of amides is 3. The molecular formula is C18H29N3O4S. The Hall–Kier alpha value is -1.93. The van der Waals surface area contributed by atoms with Crippen molar-refractivity contribution >= 4 is 23.7 Å². The number of hydrogen-bond donors (Lipinski definition) is 3. The van der Waals surface area contributed by atoms with Crippen LogP contribution in [-0.2, 0) is 11.3 Å². The lowest BCUT2D eigenvalue weighted by atomic mass is 10.1. The van der Waals surface area contributed by atoms with Crippen LogP contribution in [0.5, 0.6) is 5.75 Å². The molecule has 0 aliphatic carbocycles. The van der Waals surface area contributed by atoms with Gasteiger partial charge in [0.1, 0.15) is 11.8 Å². The third-order valence-electron chi connectivity index (χ3n) is 3.66. The first-order chi connectivity index (χ1) is 12.4. The highest BCUT2D eigenvalue weighted by molar-refractivity contribution is 7.98. The van der Waals surface area contributed by atoms with E-state index in [1.165, 1.54) is 4.90 Å². The highest BCUT2D eigenvalue weighted by Crippen LogP contribution is 2.21. The Kier molecular flexibility index (Phi) is 9.90. The Morgan fingerprint density at radius 3 is 2.65 bits per heavy atom. The zero-order valence-electron chi connectivity index (χ0n) is 15.6. The van der Waals surface area contributed by atoms with Crippen molar-refractivity contribution in [2.45, 2.75) is 39.0 Å². The number of nitrogens with one attached hydrogen (secondary N) is 1. The Morgan fingerprint density at radius 2 is 2.08 bits per heavy atom. The maximum atomic E-state index is 13.0. The van der Waals surface area contributed by atoms with Gasteiger partial charge in [-0.25, -0.2) is 4.79 Å². The number of carbonyl (C=O) groups excluding carboxylic acids is 2. The molecule has 0 spiro atoms. The molecule has 0 aromatic heterocycles. The van der Waals surface area contributed by atoms with E-state index in [0.29, 0.717) is 24.5 Å². The molecule has 0 fully saturated rings. The number of nitrogens with zero attached hydrogens (tertiary/aromatic N) is 1. The average Bonchev–Trinajstić information content (AvgIpc) is 2.58. The van der Waals surface area contributed by atoms with Crippen LogP contribution in [0.4, 0.5) is 4.79 Å². The fourth-order valence-corrected chi connectivity index (χ4v) is 3.04. The number of primary amides is 1. The minimum atomic E-state index is -0.740. The van der Waals surface area contributed by atoms with E-state index in [1.807, 2.05) is 37.4 Å². The van der Waals surface area contributed by atoms with Crippen molar-refractivity contribution in [1.82, 2.24) is 10.2 Å². The van der Waals surface area contributed by atoms with Crippen molar-refractivity contribution in [3.05, 3.63) is 29.8 Å². The second-order valence-corrected chi connectivity index (χ2v) is 6.94. The minimum absolute atomic E-state index is 0.148. The van der Waals surface area contributed by atoms with Gasteiger partial charge in [0.05, 0.1) is 12.7 Å². The predicted octanol–water partition coefficient (Wildman–Crippen LogP) is 1.58. The molecule has 8 heteroatoms. The third-order valence-corrected chi connectivity index (χ3v) is 4.30. The molecule has 4 N–H and O–H groups in total. The van der Waals surface area contributed by atoms with Crippen LogP contribution >= 0.6 is 11.8 Å². The van der Waals surface area contributed by atoms with Crippen LogP contribution in [0.3, 0.4) is 0 Å². The van der Waals surface area contributed by atoms with E-state index in [1.54, 1.807) is 18.7 Å². The van der Waals surface area contributed by atoms with Gasteiger partial charge >= 0.3 is 6.03 Å². The monoisotopic (exact) mass is 383 g/mol. The highest BCUT2D eigenvalue weighted by atomic mass is 32.2. The molecule has 1 rings (SSSR count). The van der Waals surface area contributed by atoms with Gasteiger partial charge in [0, 0.05) is 18.7 Å². The number of nitrogens with two attached hydrogens (primary N) is 1. The molecule has 3 amide bonds. The SMILES string of the molecule is CCOc1ccccc1CN(CC(C)O)C(=O)C(CCSC)NC(N)=O. The standard InChI is InChI=1S/C18H29N3O4S/c1-4-25-16-8-6-5-7-14(16)12-21(11-13(2)22)17(23)15(9-10-26-3)20-18(19)24/h5-8,13,15,22H,4,9-12H2,1-3H3,(H3,19,20,24). The quantitative estimate of drug-likeness (QED) is 0.538. The summed E-state index contributed by atoms with van der Waals surface area (Å²) in [5.41, 5.74) is 6.06. The Bertz CT molecular complexity index is 583. The van der Waals surface area contributed by atoms with Crippen LogP contribution in [0.15, 0.2) is 24.3 Å². The Morgan fingerprint density at radius 1 is 1.38 bits per heavy atom. The molecule has 0 saturated heterocycles. The number of aliphatic hydroxyl groups is 1. The molecule has 0 radical (unpaired) electrons. The molecule has 26 heavy (non-hydrogen) atoms. The molecule has 146 valence electrons. The van der Waals surface area contributed by atoms with Crippen molar-refractivity contribution in [1.29, 1.82) is 0 Å². The van der Waals surface area contributed by atoms with E-state index in [9.17, 15) is 14.7 Å². The number of aliphatic hydroxyl groups excluding tert-OH is 1. The van der Waals surface area contributed by atoms with Gasteiger partial charge in [-0.2, -0.15) is 11.8 Å². The van der Waals surface area contributed by atoms with E-state index in [2.05, 4.69) is 5.32 Å². The summed E-state index contributed by atoms with van der Waals surface area (Å²) in [6.45, 7) is 4.45. The van der Waals surface area contributed by atoms with Gasteiger partial charge in [-0.1, -0.05) is 18.2 Å². The summed E-state index contributed by atoms with van der Waals surface area (Å²) in [7, 11) is 0. The van der Waals surface area contributed by atoms with Crippen LogP contribution in [0.2, 0.25) is 0 Å². The van der Waals surface area contributed by atoms with E-state index in [-0.39, 0.29) is 19.0 Å². The maximum Gasteiger partial charge on any atom is 0.312 e. The molecule has 0 aliphatic rings. The molecule has 0 aliphatic heterocycles. The van der Waals surface area contributed by atoms with Crippen molar-refractivity contribution in [3.63, 3.8) is 0 Å². The first kappa shape index (κ1) is 22.1. The lowest BCUT2D eigenvalue weighted by Crippen LogP contribution is -2.51. The summed E-state index contributed by atoms with van der Waals surface area (Å²) in [6, 6.07) is 6.00. The van der Waals surface area contributed by atoms with Crippen molar-refractivity contribution in [3.8, 4) is 5.75 Å². The maximum absolute atomic E-state index is 13.0. The smallest absolute Gasteiger partial charge is 0.312 e. The fraction of sp³-hybridized carbons (Fsp3) is 0.556. The number of ether oxygens (including phenoxy) is 1. The summed E-state index contributed by atoms with van der Waals surface area (Å²) in [4.78, 5) is 25.8. The first-order valence-corrected chi connectivity index (χ1v) is 10.0. The number of thioether (sulfide) groups is 1. The van der Waals surface area contributed by atoms with E-state index in [0.717, 1.165) is 5.56 Å². The first-order valence-electron chi connectivity index (χ1n) is 8.61. The van der Waals surface area contributed by atoms with Gasteiger partial charge in [-0.15, -0.1) is 0 Å². The summed E-state index contributed by atoms with van der Waals surface area (Å²) < 4.78 is 5.62. The summed E-state index contributed by atoms with van der Waals surface area (Å²) in [5.74, 6) is 1.13. The van der Waals surface area contributed by atoms with Gasteiger partial charge in [0.25, 0.3) is 0 Å². The Labute approximate surface area is 159 Å². The molecule has 1 aromatic carbocycles. The molecule has 2 atom stereocenters. The van der Waals surface area contributed by atoms with Gasteiger partial charge in [0.15, 0.2) is 0 Å². The number of urea groups is 1. The van der Waals surface area contributed by atoms with Gasteiger partial charge in [-0.05, 0) is 38.3 Å². The number of rotatable bonds is 11. The van der Waals surface area contributed by atoms with Gasteiger partial charge < -0.3 is 25.8 Å². The van der Waals surface area contributed by atoms with E-state index in [4.69, 9.17) is 10.5 Å². The third kappa shape index (κ3) is 7.53. The normalized spacial score (nSPS) is 12.9. The number of carbonyl (C=O) groups is 2. The molecular weight excluding hydrogens is 354 g/mol. The van der Waals surface area contributed by atoms with Crippen LogP contribution in [0, 0.1) is 0 Å². The topological polar surface area (TPSA) is 105 Å². The van der Waals surface area contributed by atoms with Crippen LogP contribution < -0.4 is 15.8 Å². The zero-order chi connectivity index (χ0) is 19.5. The number of para-hydroxylation sites is 1. The van der Waals surface area contributed by atoms with Gasteiger partial charge in [0.2, 0.25) is 5.91 Å². The summed E-state index contributed by atoms with van der Waals surface area (Å²) >= 11 is 1.58. The fourth-order valence-electron chi connectivity index (χ4n) is 2.57. The molecule has 0 heterocycles. The number of hydrogen-bond acceptors (Lipinski definition) is 5.